The summed E-state index contributed by atoms with van der Waals surface area (Å²) in [6.07, 6.45) is 0. The number of thiophene rings is 1. The molecule has 1 heterocycles. The van der Waals surface area contributed by atoms with Crippen LogP contribution in [-0.2, 0) is 0 Å². The average molecular weight is 273 g/mol. The molecule has 1 atom stereocenters. The Balaban J connectivity index is 2.10. The van der Waals surface area contributed by atoms with Crippen molar-refractivity contribution in [3.63, 3.8) is 0 Å². The first-order valence-electron chi connectivity index (χ1n) is 6.42. The molecule has 0 saturated heterocycles. The molecule has 19 heavy (non-hydrogen) atoms. The molecule has 1 aromatic carbocycles. The van der Waals surface area contributed by atoms with Crippen molar-refractivity contribution in [1.29, 1.82) is 0 Å². The summed E-state index contributed by atoms with van der Waals surface area (Å²) < 4.78 is 0. The standard InChI is InChI=1S/C16H19NOS/c1-10-5-7-14(9-11(10)2)13(4)17-16(18)15-8-6-12(3)19-15/h5-9,13H,1-4H3,(H,17,18)/t13-/m1/s1. The molecule has 0 bridgehead atoms. The zero-order valence-corrected chi connectivity index (χ0v) is 12.6. The predicted octanol–water partition coefficient (Wildman–Crippen LogP) is 4.16. The average Bonchev–Trinajstić information content (AvgIpc) is 2.79. The van der Waals surface area contributed by atoms with E-state index in [-0.39, 0.29) is 11.9 Å². The van der Waals surface area contributed by atoms with Gasteiger partial charge in [-0.25, -0.2) is 0 Å². The fourth-order valence-electron chi connectivity index (χ4n) is 1.94. The van der Waals surface area contributed by atoms with Crippen molar-refractivity contribution in [3.8, 4) is 0 Å². The molecule has 1 amide bonds. The van der Waals surface area contributed by atoms with Gasteiger partial charge in [0.25, 0.3) is 5.91 Å². The van der Waals surface area contributed by atoms with Crippen molar-refractivity contribution >= 4 is 17.2 Å². The number of aryl methyl sites for hydroxylation is 3. The van der Waals surface area contributed by atoms with Crippen LogP contribution in [0.25, 0.3) is 0 Å². The minimum Gasteiger partial charge on any atom is -0.345 e. The van der Waals surface area contributed by atoms with E-state index < -0.39 is 0 Å². The van der Waals surface area contributed by atoms with Crippen molar-refractivity contribution in [2.75, 3.05) is 0 Å². The third-order valence-electron chi connectivity index (χ3n) is 3.34. The molecule has 1 aromatic heterocycles. The number of hydrogen-bond donors (Lipinski definition) is 1. The smallest absolute Gasteiger partial charge is 0.261 e. The highest BCUT2D eigenvalue weighted by Gasteiger charge is 2.13. The largest absolute Gasteiger partial charge is 0.345 e. The maximum Gasteiger partial charge on any atom is 0.261 e. The maximum absolute atomic E-state index is 12.1. The van der Waals surface area contributed by atoms with Crippen LogP contribution in [0.5, 0.6) is 0 Å². The van der Waals surface area contributed by atoms with Crippen LogP contribution in [0.15, 0.2) is 30.3 Å². The Bertz CT molecular complexity index is 601. The minimum absolute atomic E-state index is 0.00354. The molecule has 0 spiro atoms. The van der Waals surface area contributed by atoms with Crippen LogP contribution in [0.2, 0.25) is 0 Å². The lowest BCUT2D eigenvalue weighted by atomic mass is 10.0. The lowest BCUT2D eigenvalue weighted by Crippen LogP contribution is -2.25. The van der Waals surface area contributed by atoms with Gasteiger partial charge in [0.1, 0.15) is 0 Å². The van der Waals surface area contributed by atoms with Crippen molar-refractivity contribution in [2.45, 2.75) is 33.7 Å². The summed E-state index contributed by atoms with van der Waals surface area (Å²) in [5.74, 6) is 0.00354. The Kier molecular flexibility index (Phi) is 4.05. The topological polar surface area (TPSA) is 29.1 Å². The van der Waals surface area contributed by atoms with Crippen molar-refractivity contribution in [2.24, 2.45) is 0 Å². The molecule has 0 fully saturated rings. The lowest BCUT2D eigenvalue weighted by molar-refractivity contribution is 0.0944. The van der Waals surface area contributed by atoms with Crippen LogP contribution < -0.4 is 5.32 Å². The predicted molar refractivity (Wildman–Crippen MR) is 80.9 cm³/mol. The van der Waals surface area contributed by atoms with Crippen molar-refractivity contribution in [3.05, 3.63) is 56.8 Å². The molecule has 2 rings (SSSR count). The molecule has 0 aliphatic heterocycles. The summed E-state index contributed by atoms with van der Waals surface area (Å²) in [5, 5.41) is 3.04. The number of benzene rings is 1. The summed E-state index contributed by atoms with van der Waals surface area (Å²) >= 11 is 1.53. The number of nitrogens with one attached hydrogen (secondary N) is 1. The quantitative estimate of drug-likeness (QED) is 0.893. The summed E-state index contributed by atoms with van der Waals surface area (Å²) in [6, 6.07) is 10.2. The fraction of sp³-hybridized carbons (Fsp3) is 0.312. The van der Waals surface area contributed by atoms with E-state index in [0.717, 1.165) is 15.3 Å². The Hall–Kier alpha value is -1.61. The Morgan fingerprint density at radius 1 is 1.11 bits per heavy atom. The molecule has 0 saturated carbocycles. The first kappa shape index (κ1) is 13.8. The highest BCUT2D eigenvalue weighted by atomic mass is 32.1. The zero-order chi connectivity index (χ0) is 14.0. The van der Waals surface area contributed by atoms with Gasteiger partial charge in [-0.1, -0.05) is 18.2 Å². The van der Waals surface area contributed by atoms with Crippen molar-refractivity contribution in [1.82, 2.24) is 5.32 Å². The molecular formula is C16H19NOS. The zero-order valence-electron chi connectivity index (χ0n) is 11.8. The second kappa shape index (κ2) is 5.57. The van der Waals surface area contributed by atoms with Crippen LogP contribution in [0.3, 0.4) is 0 Å². The van der Waals surface area contributed by atoms with Gasteiger partial charge >= 0.3 is 0 Å². The van der Waals surface area contributed by atoms with E-state index in [1.165, 1.54) is 22.5 Å². The molecule has 0 radical (unpaired) electrons. The van der Waals surface area contributed by atoms with Crippen LogP contribution in [0.1, 0.15) is 44.2 Å². The Morgan fingerprint density at radius 3 is 2.42 bits per heavy atom. The van der Waals surface area contributed by atoms with Gasteiger partial charge in [-0.3, -0.25) is 4.79 Å². The summed E-state index contributed by atoms with van der Waals surface area (Å²) in [4.78, 5) is 14.0. The molecule has 1 N–H and O–H groups in total. The molecule has 2 nitrogen and oxygen atoms in total. The number of hydrogen-bond acceptors (Lipinski definition) is 2. The number of carbonyl (C=O) groups is 1. The van der Waals surface area contributed by atoms with E-state index in [1.807, 2.05) is 26.0 Å². The SMILES string of the molecule is Cc1ccc(C(=O)N[C@H](C)c2ccc(C)c(C)c2)s1. The molecule has 2 aromatic rings. The first-order chi connectivity index (χ1) is 8.97. The number of rotatable bonds is 3. The van der Waals surface area contributed by atoms with Gasteiger partial charge in [0.2, 0.25) is 0 Å². The van der Waals surface area contributed by atoms with E-state index in [1.54, 1.807) is 0 Å². The normalized spacial score (nSPS) is 12.2. The fourth-order valence-corrected chi connectivity index (χ4v) is 2.71. The Morgan fingerprint density at radius 2 is 1.84 bits per heavy atom. The third-order valence-corrected chi connectivity index (χ3v) is 4.34. The van der Waals surface area contributed by atoms with Gasteiger partial charge in [0, 0.05) is 4.88 Å². The molecule has 3 heteroatoms. The van der Waals surface area contributed by atoms with E-state index in [0.29, 0.717) is 0 Å². The van der Waals surface area contributed by atoms with Crippen LogP contribution in [0, 0.1) is 20.8 Å². The molecular weight excluding hydrogens is 254 g/mol. The lowest BCUT2D eigenvalue weighted by Gasteiger charge is -2.15. The first-order valence-corrected chi connectivity index (χ1v) is 7.23. The monoisotopic (exact) mass is 273 g/mol. The van der Waals surface area contributed by atoms with Gasteiger partial charge in [0.15, 0.2) is 0 Å². The molecule has 0 aliphatic carbocycles. The maximum atomic E-state index is 12.1. The van der Waals surface area contributed by atoms with E-state index in [2.05, 4.69) is 37.4 Å². The van der Waals surface area contributed by atoms with Crippen molar-refractivity contribution < 1.29 is 4.79 Å². The van der Waals surface area contributed by atoms with Crippen LogP contribution >= 0.6 is 11.3 Å². The second-order valence-electron chi connectivity index (χ2n) is 4.95. The molecule has 0 aliphatic rings. The molecule has 0 unspecified atom stereocenters. The number of amides is 1. The highest BCUT2D eigenvalue weighted by Crippen LogP contribution is 2.19. The minimum atomic E-state index is 0.00354. The highest BCUT2D eigenvalue weighted by molar-refractivity contribution is 7.13. The van der Waals surface area contributed by atoms with E-state index >= 15 is 0 Å². The van der Waals surface area contributed by atoms with E-state index in [9.17, 15) is 4.79 Å². The summed E-state index contributed by atoms with van der Waals surface area (Å²) in [5.41, 5.74) is 3.67. The summed E-state index contributed by atoms with van der Waals surface area (Å²) in [7, 11) is 0. The van der Waals surface area contributed by atoms with Gasteiger partial charge < -0.3 is 5.32 Å². The second-order valence-corrected chi connectivity index (χ2v) is 6.24. The van der Waals surface area contributed by atoms with Gasteiger partial charge in [0.05, 0.1) is 10.9 Å². The van der Waals surface area contributed by atoms with Crippen LogP contribution in [0.4, 0.5) is 0 Å². The van der Waals surface area contributed by atoms with Gasteiger partial charge in [-0.05, 0) is 56.5 Å². The number of carbonyl (C=O) groups excluding carboxylic acids is 1. The van der Waals surface area contributed by atoms with Gasteiger partial charge in [-0.15, -0.1) is 11.3 Å². The van der Waals surface area contributed by atoms with Crippen LogP contribution in [-0.4, -0.2) is 5.91 Å². The summed E-state index contributed by atoms with van der Waals surface area (Å²) in [6.45, 7) is 8.21. The Labute approximate surface area is 118 Å². The van der Waals surface area contributed by atoms with E-state index in [4.69, 9.17) is 0 Å². The molecule has 100 valence electrons. The third kappa shape index (κ3) is 3.24. The van der Waals surface area contributed by atoms with Gasteiger partial charge in [-0.2, -0.15) is 0 Å².